The van der Waals surface area contributed by atoms with Crippen molar-refractivity contribution in [1.29, 1.82) is 0 Å². The number of nitrogens with zero attached hydrogens (tertiary/aromatic N) is 2. The maximum atomic E-state index is 10.7. The third kappa shape index (κ3) is 4.42. The standard InChI is InChI=1S/C10H17N3O2/c1-5-6-10(13(14)15)9(2)12(4)8-7-11-3/h5-6,11H,1-2,7-8H2,3-4H3/b10-6+. The molecule has 0 spiro atoms. The van der Waals surface area contributed by atoms with E-state index in [4.69, 9.17) is 0 Å². The summed E-state index contributed by atoms with van der Waals surface area (Å²) in [5.41, 5.74) is 0.360. The van der Waals surface area contributed by atoms with Gasteiger partial charge in [0.1, 0.15) is 5.70 Å². The van der Waals surface area contributed by atoms with E-state index in [1.165, 1.54) is 12.2 Å². The number of hydrogen-bond donors (Lipinski definition) is 1. The van der Waals surface area contributed by atoms with Crippen LogP contribution in [0.4, 0.5) is 0 Å². The molecule has 5 heteroatoms. The molecule has 0 heterocycles. The van der Waals surface area contributed by atoms with E-state index in [9.17, 15) is 10.1 Å². The second-order valence-corrected chi connectivity index (χ2v) is 3.02. The van der Waals surface area contributed by atoms with Crippen molar-refractivity contribution in [3.05, 3.63) is 46.8 Å². The average molecular weight is 211 g/mol. The highest BCUT2D eigenvalue weighted by Gasteiger charge is 2.17. The van der Waals surface area contributed by atoms with E-state index in [0.29, 0.717) is 12.2 Å². The lowest BCUT2D eigenvalue weighted by molar-refractivity contribution is -0.422. The number of allylic oxidation sites excluding steroid dienone is 2. The Labute approximate surface area is 89.9 Å². The first-order valence-corrected chi connectivity index (χ1v) is 4.56. The van der Waals surface area contributed by atoms with E-state index in [1.807, 2.05) is 7.05 Å². The molecule has 84 valence electrons. The number of rotatable bonds is 7. The lowest BCUT2D eigenvalue weighted by atomic mass is 10.3. The molecule has 0 aliphatic rings. The van der Waals surface area contributed by atoms with E-state index in [-0.39, 0.29) is 5.70 Å². The molecule has 0 saturated carbocycles. The number of likely N-dealkylation sites (N-methyl/N-ethyl adjacent to an activating group) is 2. The van der Waals surface area contributed by atoms with Crippen LogP contribution in [0.3, 0.4) is 0 Å². The number of nitrogens with one attached hydrogen (secondary N) is 1. The molecular formula is C10H17N3O2. The van der Waals surface area contributed by atoms with E-state index >= 15 is 0 Å². The van der Waals surface area contributed by atoms with Crippen LogP contribution in [0.2, 0.25) is 0 Å². The first-order valence-electron chi connectivity index (χ1n) is 4.56. The summed E-state index contributed by atoms with van der Waals surface area (Å²) in [5.74, 6) is 0. The minimum Gasteiger partial charge on any atom is -0.368 e. The average Bonchev–Trinajstić information content (AvgIpc) is 2.21. The Bertz CT molecular complexity index is 284. The molecule has 0 amide bonds. The van der Waals surface area contributed by atoms with Crippen LogP contribution >= 0.6 is 0 Å². The molecule has 0 fully saturated rings. The zero-order valence-electron chi connectivity index (χ0n) is 9.19. The van der Waals surface area contributed by atoms with Crippen LogP contribution in [0.15, 0.2) is 36.7 Å². The van der Waals surface area contributed by atoms with Gasteiger partial charge in [-0.15, -0.1) is 0 Å². The van der Waals surface area contributed by atoms with E-state index in [0.717, 1.165) is 6.54 Å². The third-order valence-electron chi connectivity index (χ3n) is 1.93. The zero-order chi connectivity index (χ0) is 11.8. The fourth-order valence-corrected chi connectivity index (χ4v) is 0.984. The summed E-state index contributed by atoms with van der Waals surface area (Å²) in [7, 11) is 3.59. The highest BCUT2D eigenvalue weighted by molar-refractivity contribution is 5.23. The Morgan fingerprint density at radius 1 is 1.67 bits per heavy atom. The van der Waals surface area contributed by atoms with Crippen molar-refractivity contribution in [3.63, 3.8) is 0 Å². The Balaban J connectivity index is 4.57. The monoisotopic (exact) mass is 211 g/mol. The summed E-state index contributed by atoms with van der Waals surface area (Å²) in [6, 6.07) is 0. The quantitative estimate of drug-likeness (QED) is 0.388. The van der Waals surface area contributed by atoms with Crippen LogP contribution in [0.25, 0.3) is 0 Å². The molecule has 0 aromatic carbocycles. The molecule has 0 saturated heterocycles. The van der Waals surface area contributed by atoms with Crippen LogP contribution in [0.5, 0.6) is 0 Å². The molecule has 0 radical (unpaired) electrons. The molecule has 0 aromatic heterocycles. The van der Waals surface area contributed by atoms with Crippen LogP contribution in [-0.4, -0.2) is 37.0 Å². The molecule has 15 heavy (non-hydrogen) atoms. The second-order valence-electron chi connectivity index (χ2n) is 3.02. The van der Waals surface area contributed by atoms with Crippen molar-refractivity contribution in [2.24, 2.45) is 0 Å². The highest BCUT2D eigenvalue weighted by atomic mass is 16.6. The van der Waals surface area contributed by atoms with Gasteiger partial charge in [-0.1, -0.05) is 19.2 Å². The lowest BCUT2D eigenvalue weighted by Gasteiger charge is -2.19. The van der Waals surface area contributed by atoms with Gasteiger partial charge >= 0.3 is 0 Å². The van der Waals surface area contributed by atoms with Crippen molar-refractivity contribution in [2.75, 3.05) is 27.2 Å². The molecular weight excluding hydrogens is 194 g/mol. The minimum atomic E-state index is -0.458. The summed E-state index contributed by atoms with van der Waals surface area (Å²) in [6.07, 6.45) is 2.73. The Kier molecular flexibility index (Phi) is 6.05. The lowest BCUT2D eigenvalue weighted by Crippen LogP contribution is -2.28. The summed E-state index contributed by atoms with van der Waals surface area (Å²) in [5, 5.41) is 13.7. The molecule has 0 aliphatic heterocycles. The Morgan fingerprint density at radius 3 is 2.67 bits per heavy atom. The van der Waals surface area contributed by atoms with Gasteiger partial charge in [-0.25, -0.2) is 0 Å². The Morgan fingerprint density at radius 2 is 2.27 bits per heavy atom. The van der Waals surface area contributed by atoms with E-state index in [1.54, 1.807) is 11.9 Å². The van der Waals surface area contributed by atoms with Crippen LogP contribution < -0.4 is 5.32 Å². The molecule has 0 unspecified atom stereocenters. The van der Waals surface area contributed by atoms with Crippen LogP contribution in [0, 0.1) is 10.1 Å². The predicted octanol–water partition coefficient (Wildman–Crippen LogP) is 0.998. The van der Waals surface area contributed by atoms with Gasteiger partial charge in [-0.05, 0) is 7.05 Å². The van der Waals surface area contributed by atoms with Crippen molar-refractivity contribution in [1.82, 2.24) is 10.2 Å². The van der Waals surface area contributed by atoms with Gasteiger partial charge in [0.15, 0.2) is 0 Å². The molecule has 1 N–H and O–H groups in total. The van der Waals surface area contributed by atoms with Gasteiger partial charge in [0, 0.05) is 26.2 Å². The smallest absolute Gasteiger partial charge is 0.291 e. The highest BCUT2D eigenvalue weighted by Crippen LogP contribution is 2.11. The van der Waals surface area contributed by atoms with Gasteiger partial charge < -0.3 is 10.2 Å². The first-order chi connectivity index (χ1) is 7.04. The van der Waals surface area contributed by atoms with Crippen molar-refractivity contribution < 1.29 is 4.92 Å². The molecule has 0 atom stereocenters. The number of nitro groups is 1. The Hall–Kier alpha value is -1.62. The van der Waals surface area contributed by atoms with Crippen molar-refractivity contribution >= 4 is 0 Å². The summed E-state index contributed by atoms with van der Waals surface area (Å²) in [6.45, 7) is 8.53. The third-order valence-corrected chi connectivity index (χ3v) is 1.93. The largest absolute Gasteiger partial charge is 0.368 e. The van der Waals surface area contributed by atoms with Gasteiger partial charge in [-0.2, -0.15) is 0 Å². The van der Waals surface area contributed by atoms with Crippen LogP contribution in [0.1, 0.15) is 0 Å². The van der Waals surface area contributed by atoms with Gasteiger partial charge in [0.05, 0.1) is 4.92 Å². The first kappa shape index (κ1) is 13.4. The van der Waals surface area contributed by atoms with Crippen molar-refractivity contribution in [2.45, 2.75) is 0 Å². The van der Waals surface area contributed by atoms with Crippen LogP contribution in [-0.2, 0) is 0 Å². The minimum absolute atomic E-state index is 0.0244. The zero-order valence-corrected chi connectivity index (χ0v) is 9.19. The molecule has 0 bridgehead atoms. The fraction of sp³-hybridized carbons (Fsp3) is 0.400. The summed E-state index contributed by atoms with van der Waals surface area (Å²) < 4.78 is 0. The normalized spacial score (nSPS) is 10.9. The number of hydrogen-bond acceptors (Lipinski definition) is 4. The SMILES string of the molecule is C=C/C=C(\C(=C)N(C)CCNC)[N+](=O)[O-]. The molecule has 0 aromatic rings. The molecule has 0 aliphatic carbocycles. The van der Waals surface area contributed by atoms with E-state index in [2.05, 4.69) is 18.5 Å². The molecule has 0 rings (SSSR count). The fourth-order valence-electron chi connectivity index (χ4n) is 0.984. The van der Waals surface area contributed by atoms with E-state index < -0.39 is 4.92 Å². The maximum Gasteiger partial charge on any atom is 0.291 e. The van der Waals surface area contributed by atoms with Gasteiger partial charge in [0.25, 0.3) is 5.70 Å². The second kappa shape index (κ2) is 6.78. The maximum absolute atomic E-state index is 10.7. The van der Waals surface area contributed by atoms with Crippen molar-refractivity contribution in [3.8, 4) is 0 Å². The van der Waals surface area contributed by atoms with Gasteiger partial charge in [0.2, 0.25) is 0 Å². The summed E-state index contributed by atoms with van der Waals surface area (Å²) in [4.78, 5) is 12.0. The van der Waals surface area contributed by atoms with Gasteiger partial charge in [-0.3, -0.25) is 10.1 Å². The topological polar surface area (TPSA) is 58.4 Å². The predicted molar refractivity (Wildman–Crippen MR) is 61.0 cm³/mol. The summed E-state index contributed by atoms with van der Waals surface area (Å²) >= 11 is 0. The molecule has 5 nitrogen and oxygen atoms in total.